The van der Waals surface area contributed by atoms with Gasteiger partial charge < -0.3 is 5.32 Å². The summed E-state index contributed by atoms with van der Waals surface area (Å²) in [4.78, 5) is 3.98. The summed E-state index contributed by atoms with van der Waals surface area (Å²) in [5.41, 5.74) is 0.471. The van der Waals surface area contributed by atoms with Gasteiger partial charge in [-0.25, -0.2) is 4.98 Å². The lowest BCUT2D eigenvalue weighted by molar-refractivity contribution is 1.21. The molecule has 64 valence electrons. The van der Waals surface area contributed by atoms with Crippen LogP contribution < -0.4 is 5.32 Å². The Morgan fingerprint density at radius 3 is 2.62 bits per heavy atom. The van der Waals surface area contributed by atoms with Crippen LogP contribution in [0.15, 0.2) is 6.07 Å². The fraction of sp³-hybridized carbons (Fsp3) is 0.125. The van der Waals surface area contributed by atoms with E-state index in [0.29, 0.717) is 11.4 Å². The molecule has 0 aromatic carbocycles. The Labute approximate surface area is 89.3 Å². The van der Waals surface area contributed by atoms with Crippen molar-refractivity contribution in [3.63, 3.8) is 0 Å². The van der Waals surface area contributed by atoms with Gasteiger partial charge in [0.15, 0.2) is 5.69 Å². The smallest absolute Gasteiger partial charge is 0.160 e. The highest BCUT2D eigenvalue weighted by Crippen LogP contribution is 2.18. The predicted octanol–water partition coefficient (Wildman–Crippen LogP) is 1.47. The van der Waals surface area contributed by atoms with Gasteiger partial charge in [-0.15, -0.1) is 0 Å². The molecule has 1 aromatic heterocycles. The van der Waals surface area contributed by atoms with Crippen LogP contribution in [0, 0.1) is 26.2 Å². The highest BCUT2D eigenvalue weighted by atomic mass is 127. The summed E-state index contributed by atoms with van der Waals surface area (Å²) in [5, 5.41) is 20.2. The fourth-order valence-corrected chi connectivity index (χ4v) is 1.54. The van der Waals surface area contributed by atoms with Crippen LogP contribution in [0.25, 0.3) is 0 Å². The lowest BCUT2D eigenvalue weighted by Crippen LogP contribution is -1.99. The number of halogens is 1. The number of nitrogens with one attached hydrogen (secondary N) is 1. The molecule has 0 saturated carbocycles. The third-order valence-corrected chi connectivity index (χ3v) is 2.26. The van der Waals surface area contributed by atoms with E-state index < -0.39 is 0 Å². The molecule has 0 radical (unpaired) electrons. The standard InChI is InChI=1S/C8H5IN4/c1-12-8-6(9)2-5(3-10)7(4-11)13-8/h2H,1H3,(H,12,13). The maximum atomic E-state index is 8.67. The van der Waals surface area contributed by atoms with E-state index in [9.17, 15) is 0 Å². The van der Waals surface area contributed by atoms with E-state index in [1.54, 1.807) is 13.1 Å². The Hall–Kier alpha value is -1.34. The molecule has 0 spiro atoms. The Morgan fingerprint density at radius 2 is 2.15 bits per heavy atom. The lowest BCUT2D eigenvalue weighted by Gasteiger charge is -2.03. The summed E-state index contributed by atoms with van der Waals surface area (Å²) in [6.45, 7) is 0. The molecular formula is C8H5IN4. The van der Waals surface area contributed by atoms with Crippen molar-refractivity contribution in [2.75, 3.05) is 12.4 Å². The molecule has 1 N–H and O–H groups in total. The van der Waals surface area contributed by atoms with Crippen molar-refractivity contribution in [2.45, 2.75) is 0 Å². The van der Waals surface area contributed by atoms with Gasteiger partial charge in [-0.3, -0.25) is 0 Å². The summed E-state index contributed by atoms with van der Waals surface area (Å²) < 4.78 is 0.829. The second-order valence-electron chi connectivity index (χ2n) is 2.19. The van der Waals surface area contributed by atoms with Crippen molar-refractivity contribution < 1.29 is 0 Å². The molecular weight excluding hydrogens is 279 g/mol. The fourth-order valence-electron chi connectivity index (χ4n) is 0.835. The maximum Gasteiger partial charge on any atom is 0.160 e. The van der Waals surface area contributed by atoms with Gasteiger partial charge >= 0.3 is 0 Å². The first-order valence-corrected chi connectivity index (χ1v) is 4.49. The van der Waals surface area contributed by atoms with Crippen LogP contribution in [-0.4, -0.2) is 12.0 Å². The third kappa shape index (κ3) is 1.87. The number of hydrogen-bond acceptors (Lipinski definition) is 4. The predicted molar refractivity (Wildman–Crippen MR) is 55.9 cm³/mol. The van der Waals surface area contributed by atoms with Crippen LogP contribution in [0.3, 0.4) is 0 Å². The van der Waals surface area contributed by atoms with Crippen LogP contribution in [-0.2, 0) is 0 Å². The van der Waals surface area contributed by atoms with Gasteiger partial charge in [0.05, 0.1) is 9.13 Å². The second kappa shape index (κ2) is 4.06. The zero-order chi connectivity index (χ0) is 9.84. The Kier molecular flexibility index (Phi) is 3.04. The molecule has 0 atom stereocenters. The summed E-state index contributed by atoms with van der Waals surface area (Å²) in [6.07, 6.45) is 0. The number of nitriles is 2. The quantitative estimate of drug-likeness (QED) is 0.793. The third-order valence-electron chi connectivity index (χ3n) is 1.44. The molecule has 0 amide bonds. The number of rotatable bonds is 1. The first-order chi connectivity index (χ1) is 6.22. The van der Waals surface area contributed by atoms with Crippen molar-refractivity contribution in [1.29, 1.82) is 10.5 Å². The summed E-state index contributed by atoms with van der Waals surface area (Å²) in [6, 6.07) is 5.43. The van der Waals surface area contributed by atoms with Crippen molar-refractivity contribution >= 4 is 28.4 Å². The van der Waals surface area contributed by atoms with Gasteiger partial charge in [0.2, 0.25) is 0 Å². The molecule has 5 heteroatoms. The Bertz CT molecular complexity index is 413. The van der Waals surface area contributed by atoms with E-state index in [0.717, 1.165) is 3.57 Å². The number of anilines is 1. The van der Waals surface area contributed by atoms with Gasteiger partial charge in [-0.2, -0.15) is 10.5 Å². The first kappa shape index (κ1) is 9.75. The molecule has 0 bridgehead atoms. The number of hydrogen-bond donors (Lipinski definition) is 1. The monoisotopic (exact) mass is 284 g/mol. The van der Waals surface area contributed by atoms with Crippen molar-refractivity contribution in [1.82, 2.24) is 4.98 Å². The zero-order valence-electron chi connectivity index (χ0n) is 6.80. The van der Waals surface area contributed by atoms with Gasteiger partial charge in [0.25, 0.3) is 0 Å². The van der Waals surface area contributed by atoms with Crippen LogP contribution in [0.4, 0.5) is 5.82 Å². The molecule has 0 aliphatic carbocycles. The van der Waals surface area contributed by atoms with E-state index in [1.807, 2.05) is 12.1 Å². The summed E-state index contributed by atoms with van der Waals surface area (Å²) in [7, 11) is 1.72. The Morgan fingerprint density at radius 1 is 1.46 bits per heavy atom. The highest BCUT2D eigenvalue weighted by Gasteiger charge is 2.07. The molecule has 1 heterocycles. The maximum absolute atomic E-state index is 8.67. The zero-order valence-corrected chi connectivity index (χ0v) is 8.95. The average molecular weight is 284 g/mol. The number of pyridine rings is 1. The summed E-state index contributed by atoms with van der Waals surface area (Å²) >= 11 is 2.06. The second-order valence-corrected chi connectivity index (χ2v) is 3.35. The van der Waals surface area contributed by atoms with Crippen molar-refractivity contribution in [2.24, 2.45) is 0 Å². The highest BCUT2D eigenvalue weighted by molar-refractivity contribution is 14.1. The minimum atomic E-state index is 0.160. The van der Waals surface area contributed by atoms with Gasteiger partial charge in [0.1, 0.15) is 18.0 Å². The van der Waals surface area contributed by atoms with Crippen molar-refractivity contribution in [3.05, 3.63) is 20.9 Å². The van der Waals surface area contributed by atoms with Crippen molar-refractivity contribution in [3.8, 4) is 12.1 Å². The van der Waals surface area contributed by atoms with Gasteiger partial charge in [-0.1, -0.05) is 0 Å². The van der Waals surface area contributed by atoms with Crippen LogP contribution in [0.5, 0.6) is 0 Å². The molecule has 0 fully saturated rings. The van der Waals surface area contributed by atoms with Gasteiger partial charge in [-0.05, 0) is 28.7 Å². The molecule has 0 unspecified atom stereocenters. The van der Waals surface area contributed by atoms with Crippen LogP contribution in [0.1, 0.15) is 11.3 Å². The van der Waals surface area contributed by atoms with Crippen LogP contribution >= 0.6 is 22.6 Å². The van der Waals surface area contributed by atoms with E-state index >= 15 is 0 Å². The molecule has 0 aliphatic rings. The summed E-state index contributed by atoms with van der Waals surface area (Å²) in [5.74, 6) is 0.621. The van der Waals surface area contributed by atoms with Crippen LogP contribution in [0.2, 0.25) is 0 Å². The Balaban J connectivity index is 3.39. The molecule has 1 rings (SSSR count). The van der Waals surface area contributed by atoms with Gasteiger partial charge in [0, 0.05) is 7.05 Å². The lowest BCUT2D eigenvalue weighted by atomic mass is 10.2. The molecule has 13 heavy (non-hydrogen) atoms. The normalized spacial score (nSPS) is 8.62. The topological polar surface area (TPSA) is 72.5 Å². The van der Waals surface area contributed by atoms with E-state index in [-0.39, 0.29) is 5.69 Å². The molecule has 4 nitrogen and oxygen atoms in total. The minimum absolute atomic E-state index is 0.160. The number of nitrogens with zero attached hydrogens (tertiary/aromatic N) is 3. The largest absolute Gasteiger partial charge is 0.372 e. The molecule has 0 saturated heterocycles. The molecule has 0 aliphatic heterocycles. The van der Waals surface area contributed by atoms with E-state index in [2.05, 4.69) is 32.9 Å². The SMILES string of the molecule is CNc1nc(C#N)c(C#N)cc1I. The number of aromatic nitrogens is 1. The average Bonchev–Trinajstić information content (AvgIpc) is 2.17. The minimum Gasteiger partial charge on any atom is -0.372 e. The van der Waals surface area contributed by atoms with E-state index in [4.69, 9.17) is 10.5 Å². The van der Waals surface area contributed by atoms with E-state index in [1.165, 1.54) is 0 Å². The first-order valence-electron chi connectivity index (χ1n) is 3.41. The molecule has 1 aromatic rings.